The Labute approximate surface area is 105 Å². The van der Waals surface area contributed by atoms with Gasteiger partial charge >= 0.3 is 0 Å². The van der Waals surface area contributed by atoms with Crippen LogP contribution in [0.2, 0.25) is 0 Å². The second-order valence-corrected chi connectivity index (χ2v) is 4.92. The van der Waals surface area contributed by atoms with Crippen LogP contribution in [-0.4, -0.2) is 28.9 Å². The lowest BCUT2D eigenvalue weighted by atomic mass is 10.1. The molecule has 0 fully saturated rings. The standard InChI is InChI=1S/C12H17BrN2O/c1-4-15(8-9(2)3)12(16)10-5-6-14-11(13)7-10/h5-7,9H,4,8H2,1-3H3. The van der Waals surface area contributed by atoms with Crippen LogP contribution in [0, 0.1) is 5.92 Å². The zero-order valence-electron chi connectivity index (χ0n) is 9.90. The van der Waals surface area contributed by atoms with E-state index in [2.05, 4.69) is 34.8 Å². The summed E-state index contributed by atoms with van der Waals surface area (Å²) < 4.78 is 0.693. The van der Waals surface area contributed by atoms with Gasteiger partial charge in [0, 0.05) is 24.8 Å². The summed E-state index contributed by atoms with van der Waals surface area (Å²) in [5.74, 6) is 0.550. The molecule has 4 heteroatoms. The molecule has 0 aliphatic carbocycles. The molecule has 0 aliphatic heterocycles. The zero-order chi connectivity index (χ0) is 12.1. The third kappa shape index (κ3) is 3.59. The Kier molecular flexibility index (Phi) is 4.93. The molecule has 1 amide bonds. The first-order valence-electron chi connectivity index (χ1n) is 5.45. The minimum atomic E-state index is 0.0688. The third-order valence-corrected chi connectivity index (χ3v) is 2.66. The van der Waals surface area contributed by atoms with Crippen molar-refractivity contribution in [2.75, 3.05) is 13.1 Å². The Morgan fingerprint density at radius 1 is 1.56 bits per heavy atom. The zero-order valence-corrected chi connectivity index (χ0v) is 11.5. The van der Waals surface area contributed by atoms with Crippen LogP contribution >= 0.6 is 15.9 Å². The fraction of sp³-hybridized carbons (Fsp3) is 0.500. The first-order valence-corrected chi connectivity index (χ1v) is 6.24. The van der Waals surface area contributed by atoms with Crippen molar-refractivity contribution < 1.29 is 4.79 Å². The molecule has 1 aromatic rings. The highest BCUT2D eigenvalue weighted by Crippen LogP contribution is 2.11. The van der Waals surface area contributed by atoms with Gasteiger partial charge in [0.2, 0.25) is 0 Å². The van der Waals surface area contributed by atoms with Gasteiger partial charge in [-0.2, -0.15) is 0 Å². The van der Waals surface area contributed by atoms with Gasteiger partial charge < -0.3 is 4.90 Å². The van der Waals surface area contributed by atoms with E-state index < -0.39 is 0 Å². The number of aromatic nitrogens is 1. The summed E-state index contributed by atoms with van der Waals surface area (Å²) in [6, 6.07) is 3.50. The Balaban J connectivity index is 2.82. The quantitative estimate of drug-likeness (QED) is 0.797. The van der Waals surface area contributed by atoms with E-state index in [-0.39, 0.29) is 5.91 Å². The fourth-order valence-electron chi connectivity index (χ4n) is 1.51. The van der Waals surface area contributed by atoms with Crippen molar-refractivity contribution in [3.8, 4) is 0 Å². The Morgan fingerprint density at radius 2 is 2.25 bits per heavy atom. The van der Waals surface area contributed by atoms with Crippen LogP contribution in [0.15, 0.2) is 22.9 Å². The maximum Gasteiger partial charge on any atom is 0.254 e. The van der Waals surface area contributed by atoms with Gasteiger partial charge in [0.25, 0.3) is 5.91 Å². The number of pyridine rings is 1. The molecule has 0 bridgehead atoms. The molecule has 0 N–H and O–H groups in total. The molecule has 0 unspecified atom stereocenters. The van der Waals surface area contributed by atoms with Crippen LogP contribution in [-0.2, 0) is 0 Å². The molecule has 0 aliphatic rings. The normalized spacial score (nSPS) is 10.6. The Hall–Kier alpha value is -0.900. The van der Waals surface area contributed by atoms with Gasteiger partial charge in [-0.1, -0.05) is 13.8 Å². The van der Waals surface area contributed by atoms with Crippen LogP contribution in [0.4, 0.5) is 0 Å². The average Bonchev–Trinajstić information content (AvgIpc) is 2.24. The second kappa shape index (κ2) is 5.99. The number of hydrogen-bond acceptors (Lipinski definition) is 2. The number of hydrogen-bond donors (Lipinski definition) is 0. The maximum absolute atomic E-state index is 12.1. The number of amides is 1. The van der Waals surface area contributed by atoms with E-state index in [0.717, 1.165) is 13.1 Å². The average molecular weight is 285 g/mol. The monoisotopic (exact) mass is 284 g/mol. The Morgan fingerprint density at radius 3 is 2.75 bits per heavy atom. The number of halogens is 1. The van der Waals surface area contributed by atoms with Crippen molar-refractivity contribution in [2.45, 2.75) is 20.8 Å². The van der Waals surface area contributed by atoms with Crippen molar-refractivity contribution in [1.29, 1.82) is 0 Å². The van der Waals surface area contributed by atoms with E-state index in [9.17, 15) is 4.79 Å². The van der Waals surface area contributed by atoms with Crippen molar-refractivity contribution in [1.82, 2.24) is 9.88 Å². The minimum absolute atomic E-state index is 0.0688. The van der Waals surface area contributed by atoms with Gasteiger partial charge in [0.15, 0.2) is 0 Å². The van der Waals surface area contributed by atoms with E-state index in [4.69, 9.17) is 0 Å². The first-order chi connectivity index (χ1) is 7.54. The molecule has 0 spiro atoms. The highest BCUT2D eigenvalue weighted by Gasteiger charge is 2.15. The van der Waals surface area contributed by atoms with Gasteiger partial charge in [-0.15, -0.1) is 0 Å². The molecule has 16 heavy (non-hydrogen) atoms. The van der Waals surface area contributed by atoms with E-state index in [1.165, 1.54) is 0 Å². The van der Waals surface area contributed by atoms with Crippen molar-refractivity contribution >= 4 is 21.8 Å². The van der Waals surface area contributed by atoms with Crippen molar-refractivity contribution in [3.63, 3.8) is 0 Å². The summed E-state index contributed by atoms with van der Waals surface area (Å²) in [5.41, 5.74) is 0.685. The number of carbonyl (C=O) groups excluding carboxylic acids is 1. The Bertz CT molecular complexity index is 366. The second-order valence-electron chi connectivity index (χ2n) is 4.10. The van der Waals surface area contributed by atoms with Crippen LogP contribution in [0.5, 0.6) is 0 Å². The molecular weight excluding hydrogens is 268 g/mol. The summed E-state index contributed by atoms with van der Waals surface area (Å²) in [4.78, 5) is 18.0. The highest BCUT2D eigenvalue weighted by atomic mass is 79.9. The number of nitrogens with zero attached hydrogens (tertiary/aromatic N) is 2. The van der Waals surface area contributed by atoms with Crippen LogP contribution in [0.3, 0.4) is 0 Å². The smallest absolute Gasteiger partial charge is 0.254 e. The molecule has 0 atom stereocenters. The van der Waals surface area contributed by atoms with Crippen LogP contribution < -0.4 is 0 Å². The van der Waals surface area contributed by atoms with Crippen LogP contribution in [0.25, 0.3) is 0 Å². The molecule has 3 nitrogen and oxygen atoms in total. The summed E-state index contributed by atoms with van der Waals surface area (Å²) in [5, 5.41) is 0. The van der Waals surface area contributed by atoms with Gasteiger partial charge in [0.05, 0.1) is 0 Å². The molecule has 0 radical (unpaired) electrons. The molecule has 0 saturated heterocycles. The maximum atomic E-state index is 12.1. The van der Waals surface area contributed by atoms with Crippen molar-refractivity contribution in [2.24, 2.45) is 5.92 Å². The molecule has 1 rings (SSSR count). The molecule has 88 valence electrons. The lowest BCUT2D eigenvalue weighted by Gasteiger charge is -2.22. The minimum Gasteiger partial charge on any atom is -0.339 e. The van der Waals surface area contributed by atoms with Crippen molar-refractivity contribution in [3.05, 3.63) is 28.5 Å². The summed E-state index contributed by atoms with van der Waals surface area (Å²) in [6.07, 6.45) is 1.64. The summed E-state index contributed by atoms with van der Waals surface area (Å²) in [7, 11) is 0. The lowest BCUT2D eigenvalue weighted by Crippen LogP contribution is -2.34. The van der Waals surface area contributed by atoms with Gasteiger partial charge in [-0.05, 0) is 40.9 Å². The van der Waals surface area contributed by atoms with Gasteiger partial charge in [0.1, 0.15) is 4.60 Å². The predicted molar refractivity (Wildman–Crippen MR) is 68.4 cm³/mol. The highest BCUT2D eigenvalue weighted by molar-refractivity contribution is 9.10. The fourth-order valence-corrected chi connectivity index (χ4v) is 1.88. The first kappa shape index (κ1) is 13.2. The van der Waals surface area contributed by atoms with Gasteiger partial charge in [-0.25, -0.2) is 4.98 Å². The van der Waals surface area contributed by atoms with E-state index in [1.54, 1.807) is 18.3 Å². The topological polar surface area (TPSA) is 33.2 Å². The SMILES string of the molecule is CCN(CC(C)C)C(=O)c1ccnc(Br)c1. The molecule has 0 saturated carbocycles. The molecule has 1 heterocycles. The van der Waals surface area contributed by atoms with Crippen LogP contribution in [0.1, 0.15) is 31.1 Å². The summed E-state index contributed by atoms with van der Waals surface area (Å²) in [6.45, 7) is 7.74. The largest absolute Gasteiger partial charge is 0.339 e. The third-order valence-electron chi connectivity index (χ3n) is 2.23. The lowest BCUT2D eigenvalue weighted by molar-refractivity contribution is 0.0745. The molecular formula is C12H17BrN2O. The van der Waals surface area contributed by atoms with E-state index in [1.807, 2.05) is 11.8 Å². The molecule has 1 aromatic heterocycles. The summed E-state index contributed by atoms with van der Waals surface area (Å²) >= 11 is 3.27. The van der Waals surface area contributed by atoms with E-state index in [0.29, 0.717) is 16.1 Å². The number of carbonyl (C=O) groups is 1. The number of rotatable bonds is 4. The van der Waals surface area contributed by atoms with E-state index >= 15 is 0 Å². The van der Waals surface area contributed by atoms with Gasteiger partial charge in [-0.3, -0.25) is 4.79 Å². The molecule has 0 aromatic carbocycles. The predicted octanol–water partition coefficient (Wildman–Crippen LogP) is 2.96.